The number of nitrogens with zero attached hydrogens (tertiary/aromatic N) is 2. The van der Waals surface area contributed by atoms with Crippen molar-refractivity contribution in [1.82, 2.24) is 4.57 Å². The van der Waals surface area contributed by atoms with E-state index in [2.05, 4.69) is 34.9 Å². The molecule has 0 radical (unpaired) electrons. The van der Waals surface area contributed by atoms with E-state index in [-0.39, 0.29) is 5.88 Å². The number of anilines is 1. The van der Waals surface area contributed by atoms with E-state index < -0.39 is 0 Å². The van der Waals surface area contributed by atoms with Crippen LogP contribution in [0.4, 0.5) is 5.69 Å². The molecule has 3 heterocycles. The highest BCUT2D eigenvalue weighted by Crippen LogP contribution is 2.36. The molecule has 0 atom stereocenters. The Morgan fingerprint density at radius 3 is 2.52 bits per heavy atom. The van der Waals surface area contributed by atoms with Gasteiger partial charge < -0.3 is 10.0 Å². The average molecular weight is 423 g/mol. The molecule has 5 heteroatoms. The van der Waals surface area contributed by atoms with E-state index in [4.69, 9.17) is 12.2 Å². The van der Waals surface area contributed by atoms with Gasteiger partial charge in [-0.2, -0.15) is 0 Å². The molecule has 1 aromatic carbocycles. The zero-order valence-electron chi connectivity index (χ0n) is 16.7. The largest absolute Gasteiger partial charge is 0.493 e. The second-order valence-corrected chi connectivity index (χ2v) is 9.08. The van der Waals surface area contributed by atoms with Crippen LogP contribution in [0.2, 0.25) is 0 Å². The molecule has 0 saturated heterocycles. The van der Waals surface area contributed by atoms with Gasteiger partial charge in [-0.1, -0.05) is 24.3 Å². The Bertz CT molecular complexity index is 1050. The third kappa shape index (κ3) is 4.32. The van der Waals surface area contributed by atoms with E-state index in [1.54, 1.807) is 10.6 Å². The highest BCUT2D eigenvalue weighted by molar-refractivity contribution is 7.73. The summed E-state index contributed by atoms with van der Waals surface area (Å²) in [4.78, 5) is 3.32. The topological polar surface area (TPSA) is 28.4 Å². The normalized spacial score (nSPS) is 15.6. The molecule has 150 valence electrons. The van der Waals surface area contributed by atoms with Crippen LogP contribution in [-0.2, 0) is 19.4 Å². The first kappa shape index (κ1) is 20.0. The fourth-order valence-electron chi connectivity index (χ4n) is 4.18. The van der Waals surface area contributed by atoms with Gasteiger partial charge in [-0.15, -0.1) is 17.1 Å². The van der Waals surface area contributed by atoms with Gasteiger partial charge in [-0.05, 0) is 79.7 Å². The molecule has 29 heavy (non-hydrogen) atoms. The van der Waals surface area contributed by atoms with Gasteiger partial charge in [0.2, 0.25) is 5.88 Å². The van der Waals surface area contributed by atoms with Crippen LogP contribution >= 0.6 is 23.6 Å². The second-order valence-electron chi connectivity index (χ2n) is 7.40. The van der Waals surface area contributed by atoms with Crippen molar-refractivity contribution in [3.8, 4) is 5.88 Å². The molecule has 1 N–H and O–H groups in total. The number of thiazole rings is 1. The lowest BCUT2D eigenvalue weighted by atomic mass is 9.90. The van der Waals surface area contributed by atoms with Gasteiger partial charge in [-0.25, -0.2) is 0 Å². The predicted octanol–water partition coefficient (Wildman–Crippen LogP) is 6.14. The van der Waals surface area contributed by atoms with Crippen molar-refractivity contribution in [1.29, 1.82) is 0 Å². The molecule has 4 rings (SSSR count). The first-order chi connectivity index (χ1) is 14.2. The Morgan fingerprint density at radius 2 is 1.86 bits per heavy atom. The van der Waals surface area contributed by atoms with E-state index in [9.17, 15) is 5.11 Å². The summed E-state index contributed by atoms with van der Waals surface area (Å²) >= 11 is 6.64. The highest BCUT2D eigenvalue weighted by Gasteiger charge is 2.23. The minimum absolute atomic E-state index is 0.224. The summed E-state index contributed by atoms with van der Waals surface area (Å²) in [6.07, 6.45) is 16.8. The highest BCUT2D eigenvalue weighted by atomic mass is 32.1. The maximum absolute atomic E-state index is 10.1. The second kappa shape index (κ2) is 9.00. The Kier molecular flexibility index (Phi) is 6.19. The Hall–Kier alpha value is -2.33. The molecule has 2 aliphatic rings. The molecule has 0 saturated carbocycles. The minimum Gasteiger partial charge on any atom is -0.493 e. The smallest absolute Gasteiger partial charge is 0.211 e. The molecule has 0 fully saturated rings. The number of benzene rings is 1. The summed E-state index contributed by atoms with van der Waals surface area (Å²) in [5.41, 5.74) is 8.93. The zero-order chi connectivity index (χ0) is 20.2. The number of aromatic hydroxyl groups is 1. The van der Waals surface area contributed by atoms with Gasteiger partial charge in [0, 0.05) is 31.4 Å². The van der Waals surface area contributed by atoms with Crippen molar-refractivity contribution in [2.75, 3.05) is 18.0 Å². The van der Waals surface area contributed by atoms with E-state index in [0.717, 1.165) is 4.88 Å². The molecular formula is C24H26N2OS2. The maximum Gasteiger partial charge on any atom is 0.211 e. The summed E-state index contributed by atoms with van der Waals surface area (Å²) in [6.45, 7) is 5.07. The van der Waals surface area contributed by atoms with Gasteiger partial charge in [0.15, 0.2) is 3.95 Å². The van der Waals surface area contributed by atoms with Crippen molar-refractivity contribution >= 4 is 41.4 Å². The Morgan fingerprint density at radius 1 is 1.14 bits per heavy atom. The van der Waals surface area contributed by atoms with E-state index in [1.807, 2.05) is 25.2 Å². The molecule has 0 aliphatic carbocycles. The quantitative estimate of drug-likeness (QED) is 0.356. The number of rotatable bonds is 5. The predicted molar refractivity (Wildman–Crippen MR) is 126 cm³/mol. The first-order valence-corrected chi connectivity index (χ1v) is 11.5. The van der Waals surface area contributed by atoms with Gasteiger partial charge in [0.05, 0.1) is 4.88 Å². The lowest BCUT2D eigenvalue weighted by molar-refractivity contribution is 0.419. The van der Waals surface area contributed by atoms with Gasteiger partial charge in [-0.3, -0.25) is 4.57 Å². The van der Waals surface area contributed by atoms with Crippen molar-refractivity contribution in [2.45, 2.75) is 39.2 Å². The van der Waals surface area contributed by atoms with Gasteiger partial charge >= 0.3 is 0 Å². The Balaban J connectivity index is 1.44. The summed E-state index contributed by atoms with van der Waals surface area (Å²) in [5, 5.41) is 10.1. The van der Waals surface area contributed by atoms with Gasteiger partial charge in [0.25, 0.3) is 0 Å². The van der Waals surface area contributed by atoms with E-state index in [1.165, 1.54) is 72.5 Å². The fourth-order valence-corrected chi connectivity index (χ4v) is 5.51. The SMILES string of the molecule is CCn1c(O)c(C=C=C/C=C/C=C/c2cc3c4c(c2)CCCN4CCC3)sc1=S. The van der Waals surface area contributed by atoms with E-state index >= 15 is 0 Å². The zero-order valence-corrected chi connectivity index (χ0v) is 18.4. The number of aryl methyl sites for hydroxylation is 2. The fraction of sp³-hybridized carbons (Fsp3) is 0.333. The summed E-state index contributed by atoms with van der Waals surface area (Å²) in [5.74, 6) is 0.224. The third-order valence-electron chi connectivity index (χ3n) is 5.48. The van der Waals surface area contributed by atoms with Crippen LogP contribution in [0.15, 0.2) is 42.2 Å². The lowest BCUT2D eigenvalue weighted by Gasteiger charge is -2.37. The summed E-state index contributed by atoms with van der Waals surface area (Å²) in [6, 6.07) is 4.71. The number of hydrogen-bond acceptors (Lipinski definition) is 4. The molecule has 0 amide bonds. The maximum atomic E-state index is 10.1. The van der Waals surface area contributed by atoms with Crippen molar-refractivity contribution in [3.05, 3.63) is 67.7 Å². The molecule has 0 unspecified atom stereocenters. The molecule has 0 spiro atoms. The molecule has 0 bridgehead atoms. The van der Waals surface area contributed by atoms with Gasteiger partial charge in [0.1, 0.15) is 0 Å². The van der Waals surface area contributed by atoms with Crippen LogP contribution in [-0.4, -0.2) is 22.8 Å². The molecule has 2 aromatic rings. The standard InChI is InChI=1S/C24H26N2OS2/c1-2-26-23(27)21(29-24(26)28)13-7-5-3-4-6-10-18-16-19-11-8-14-25-15-9-12-20(17-18)22(19)25/h3-6,10,13,16-17,27H,2,8-9,11-12,14-15H2,1H3/b4-3+,10-6+. The monoisotopic (exact) mass is 422 g/mol. The number of hydrogen-bond donors (Lipinski definition) is 1. The van der Waals surface area contributed by atoms with Crippen molar-refractivity contribution in [3.63, 3.8) is 0 Å². The lowest BCUT2D eigenvalue weighted by Crippen LogP contribution is -2.34. The number of aromatic nitrogens is 1. The Labute approximate surface area is 181 Å². The van der Waals surface area contributed by atoms with Crippen LogP contribution in [0.5, 0.6) is 5.88 Å². The van der Waals surface area contributed by atoms with E-state index in [0.29, 0.717) is 10.5 Å². The molecule has 2 aliphatic heterocycles. The minimum atomic E-state index is 0.224. The molecular weight excluding hydrogens is 396 g/mol. The molecule has 3 nitrogen and oxygen atoms in total. The number of allylic oxidation sites excluding steroid dienone is 4. The van der Waals surface area contributed by atoms with Crippen LogP contribution in [0.3, 0.4) is 0 Å². The molecule has 1 aromatic heterocycles. The third-order valence-corrected chi connectivity index (χ3v) is 6.87. The summed E-state index contributed by atoms with van der Waals surface area (Å²) < 4.78 is 2.40. The summed E-state index contributed by atoms with van der Waals surface area (Å²) in [7, 11) is 0. The van der Waals surface area contributed by atoms with Crippen LogP contribution in [0.25, 0.3) is 12.2 Å². The van der Waals surface area contributed by atoms with Crippen LogP contribution in [0, 0.1) is 3.95 Å². The first-order valence-electron chi connectivity index (χ1n) is 10.3. The van der Waals surface area contributed by atoms with Crippen LogP contribution < -0.4 is 4.90 Å². The van der Waals surface area contributed by atoms with Crippen molar-refractivity contribution < 1.29 is 5.11 Å². The average Bonchev–Trinajstić information content (AvgIpc) is 3.00. The van der Waals surface area contributed by atoms with Crippen molar-refractivity contribution in [2.24, 2.45) is 0 Å². The van der Waals surface area contributed by atoms with Crippen LogP contribution in [0.1, 0.15) is 41.3 Å².